The number of rotatable bonds is 15. The van der Waals surface area contributed by atoms with Gasteiger partial charge in [0, 0.05) is 17.2 Å². The molecule has 5 rings (SSSR count). The van der Waals surface area contributed by atoms with Gasteiger partial charge in [0.05, 0.1) is 11.5 Å². The first kappa shape index (κ1) is 32.1. The summed E-state index contributed by atoms with van der Waals surface area (Å²) in [7, 11) is -4.29. The monoisotopic (exact) mass is 626 g/mol. The van der Waals surface area contributed by atoms with Gasteiger partial charge < -0.3 is 9.15 Å². The molecule has 0 saturated carbocycles. The number of ketones is 1. The van der Waals surface area contributed by atoms with E-state index >= 15 is 0 Å². The first-order valence-electron chi connectivity index (χ1n) is 15.2. The van der Waals surface area contributed by atoms with Crippen molar-refractivity contribution in [2.24, 2.45) is 5.92 Å². The van der Waals surface area contributed by atoms with Crippen molar-refractivity contribution >= 4 is 43.7 Å². The van der Waals surface area contributed by atoms with Crippen LogP contribution in [0.4, 0.5) is 0 Å². The number of hydrogen-bond donors (Lipinski definition) is 1. The molecular formula is C36H38N2O6S. The summed E-state index contributed by atoms with van der Waals surface area (Å²) >= 11 is 0. The summed E-state index contributed by atoms with van der Waals surface area (Å²) < 4.78 is 39.5. The molecule has 234 valence electrons. The molecule has 0 radical (unpaired) electrons. The molecule has 0 aliphatic heterocycles. The molecule has 1 heterocycles. The van der Waals surface area contributed by atoms with Crippen molar-refractivity contribution in [1.29, 1.82) is 0 Å². The van der Waals surface area contributed by atoms with Gasteiger partial charge >= 0.3 is 0 Å². The van der Waals surface area contributed by atoms with E-state index in [0.29, 0.717) is 23.0 Å². The van der Waals surface area contributed by atoms with Crippen LogP contribution < -0.4 is 4.83 Å². The molecule has 1 amide bonds. The fourth-order valence-corrected chi connectivity index (χ4v) is 6.32. The van der Waals surface area contributed by atoms with Gasteiger partial charge in [0.25, 0.3) is 10.0 Å². The summed E-state index contributed by atoms with van der Waals surface area (Å²) in [6, 6.07) is 29.9. The number of fused-ring (bicyclic) bond motifs is 3. The first-order valence-corrected chi connectivity index (χ1v) is 16.7. The first-order chi connectivity index (χ1) is 21.7. The lowest BCUT2D eigenvalue weighted by Crippen LogP contribution is -2.55. The fourth-order valence-electron chi connectivity index (χ4n) is 5.21. The zero-order valence-corrected chi connectivity index (χ0v) is 26.3. The smallest absolute Gasteiger partial charge is 0.257 e. The van der Waals surface area contributed by atoms with Crippen LogP contribution in [0.5, 0.6) is 0 Å². The molecule has 5 aromatic rings. The van der Waals surface area contributed by atoms with Crippen molar-refractivity contribution in [2.45, 2.75) is 57.1 Å². The van der Waals surface area contributed by atoms with Crippen LogP contribution in [0.25, 0.3) is 21.9 Å². The van der Waals surface area contributed by atoms with E-state index in [1.165, 1.54) is 12.1 Å². The summed E-state index contributed by atoms with van der Waals surface area (Å²) in [5, 5.41) is 2.44. The standard InChI is InChI=1S/C36H38N2O6S/c1-3-26(2)22-36(40)38(37-45(41,42)29-19-21-35-31(23-29)30-16-10-11-17-34(30)44-35)32(20-18-27-12-6-4-7-13-27)33(39)25-43-24-28-14-8-5-9-15-28/h4-17,19,21,23,26,32,37H,3,18,20,22,24-25H2,1-2H3/t26?,32-/m0/s1. The summed E-state index contributed by atoms with van der Waals surface area (Å²) in [6.45, 7) is 3.82. The Labute approximate surface area is 264 Å². The van der Waals surface area contributed by atoms with Gasteiger partial charge in [-0.25, -0.2) is 8.42 Å². The Balaban J connectivity index is 1.46. The van der Waals surface area contributed by atoms with Crippen molar-refractivity contribution < 1.29 is 27.2 Å². The molecule has 45 heavy (non-hydrogen) atoms. The third-order valence-electron chi connectivity index (χ3n) is 7.95. The zero-order valence-electron chi connectivity index (χ0n) is 25.5. The normalized spacial score (nSPS) is 13.1. The van der Waals surface area contributed by atoms with Gasteiger partial charge in [-0.2, -0.15) is 0 Å². The van der Waals surface area contributed by atoms with Gasteiger partial charge in [0.2, 0.25) is 5.91 Å². The highest BCUT2D eigenvalue weighted by atomic mass is 32.2. The van der Waals surface area contributed by atoms with Crippen LogP contribution in [0.1, 0.15) is 44.2 Å². The topological polar surface area (TPSA) is 106 Å². The Kier molecular flexibility index (Phi) is 10.4. The quantitative estimate of drug-likeness (QED) is 0.128. The number of para-hydroxylation sites is 1. The van der Waals surface area contributed by atoms with E-state index in [-0.39, 0.29) is 36.9 Å². The number of nitrogens with zero attached hydrogens (tertiary/aromatic N) is 1. The summed E-state index contributed by atoms with van der Waals surface area (Å²) in [5.74, 6) is -0.882. The molecule has 0 aliphatic rings. The zero-order chi connectivity index (χ0) is 31.8. The number of carbonyl (C=O) groups excluding carboxylic acids is 2. The van der Waals surface area contributed by atoms with E-state index < -0.39 is 27.8 Å². The third-order valence-corrected chi connectivity index (χ3v) is 9.27. The van der Waals surface area contributed by atoms with E-state index in [1.807, 2.05) is 98.8 Å². The largest absolute Gasteiger partial charge is 0.456 e. The van der Waals surface area contributed by atoms with Crippen molar-refractivity contribution in [1.82, 2.24) is 9.84 Å². The maximum atomic E-state index is 13.9. The van der Waals surface area contributed by atoms with Gasteiger partial charge in [-0.1, -0.05) is 99.1 Å². The Hall–Kier alpha value is -4.31. The van der Waals surface area contributed by atoms with Crippen LogP contribution in [0.3, 0.4) is 0 Å². The molecule has 8 nitrogen and oxygen atoms in total. The number of carbonyl (C=O) groups is 2. The number of hydrogen-bond acceptors (Lipinski definition) is 6. The Morgan fingerprint density at radius 1 is 0.844 bits per heavy atom. The molecule has 0 aliphatic carbocycles. The summed E-state index contributed by atoms with van der Waals surface area (Å²) in [5.41, 5.74) is 3.06. The number of furan rings is 1. The number of sulfonamides is 1. The molecule has 0 spiro atoms. The van der Waals surface area contributed by atoms with Crippen LogP contribution in [0.2, 0.25) is 0 Å². The minimum atomic E-state index is -4.29. The number of benzene rings is 4. The number of hydrazine groups is 1. The average molecular weight is 627 g/mol. The molecule has 1 aromatic heterocycles. The molecule has 0 saturated heterocycles. The maximum absolute atomic E-state index is 13.9. The van der Waals surface area contributed by atoms with Gasteiger partial charge in [-0.15, -0.1) is 4.83 Å². The van der Waals surface area contributed by atoms with E-state index in [4.69, 9.17) is 9.15 Å². The predicted molar refractivity (Wildman–Crippen MR) is 175 cm³/mol. The van der Waals surface area contributed by atoms with E-state index in [9.17, 15) is 18.0 Å². The minimum absolute atomic E-state index is 0.0163. The van der Waals surface area contributed by atoms with Crippen LogP contribution in [0.15, 0.2) is 112 Å². The number of nitrogens with one attached hydrogen (secondary N) is 1. The minimum Gasteiger partial charge on any atom is -0.456 e. The highest BCUT2D eigenvalue weighted by Crippen LogP contribution is 2.30. The fraction of sp³-hybridized carbons (Fsp3) is 0.278. The molecule has 4 aromatic carbocycles. The molecular weight excluding hydrogens is 588 g/mol. The average Bonchev–Trinajstić information content (AvgIpc) is 3.43. The molecule has 1 unspecified atom stereocenters. The predicted octanol–water partition coefficient (Wildman–Crippen LogP) is 6.83. The Morgan fingerprint density at radius 3 is 2.20 bits per heavy atom. The van der Waals surface area contributed by atoms with Crippen molar-refractivity contribution in [3.8, 4) is 0 Å². The molecule has 9 heteroatoms. The summed E-state index contributed by atoms with van der Waals surface area (Å²) in [6.07, 6.45) is 1.46. The van der Waals surface area contributed by atoms with Crippen LogP contribution in [-0.2, 0) is 37.4 Å². The van der Waals surface area contributed by atoms with Gasteiger partial charge in [-0.05, 0) is 54.2 Å². The van der Waals surface area contributed by atoms with Crippen molar-refractivity contribution in [3.05, 3.63) is 114 Å². The molecule has 1 N–H and O–H groups in total. The molecule has 2 atom stereocenters. The van der Waals surface area contributed by atoms with Crippen molar-refractivity contribution in [3.63, 3.8) is 0 Å². The van der Waals surface area contributed by atoms with E-state index in [1.54, 1.807) is 6.07 Å². The van der Waals surface area contributed by atoms with Crippen LogP contribution in [0, 0.1) is 5.92 Å². The lowest BCUT2D eigenvalue weighted by atomic mass is 10.00. The lowest BCUT2D eigenvalue weighted by molar-refractivity contribution is -0.144. The second kappa shape index (κ2) is 14.6. The second-order valence-electron chi connectivity index (χ2n) is 11.3. The summed E-state index contributed by atoms with van der Waals surface area (Å²) in [4.78, 5) is 30.1. The van der Waals surface area contributed by atoms with Crippen LogP contribution >= 0.6 is 0 Å². The number of Topliss-reactive ketones (excluding diaryl/α,β-unsaturated/α-hetero) is 1. The third kappa shape index (κ3) is 8.05. The van der Waals surface area contributed by atoms with Gasteiger partial charge in [0.1, 0.15) is 23.8 Å². The highest BCUT2D eigenvalue weighted by Gasteiger charge is 2.34. The Bertz CT molecular complexity index is 1850. The van der Waals surface area contributed by atoms with Gasteiger partial charge in [-0.3, -0.25) is 14.6 Å². The molecule has 0 fully saturated rings. The number of aryl methyl sites for hydroxylation is 1. The number of amides is 1. The van der Waals surface area contributed by atoms with Crippen LogP contribution in [-0.4, -0.2) is 37.8 Å². The SMILES string of the molecule is CCC(C)CC(=O)N(NS(=O)(=O)c1ccc2oc3ccccc3c2c1)[C@@H](CCc1ccccc1)C(=O)COCc1ccccc1. The highest BCUT2D eigenvalue weighted by molar-refractivity contribution is 7.89. The number of ether oxygens (including phenoxy) is 1. The van der Waals surface area contributed by atoms with Crippen molar-refractivity contribution in [2.75, 3.05) is 6.61 Å². The van der Waals surface area contributed by atoms with Gasteiger partial charge in [0.15, 0.2) is 5.78 Å². The lowest BCUT2D eigenvalue weighted by Gasteiger charge is -2.31. The maximum Gasteiger partial charge on any atom is 0.257 e. The van der Waals surface area contributed by atoms with E-state index in [2.05, 4.69) is 4.83 Å². The Morgan fingerprint density at radius 2 is 1.49 bits per heavy atom. The van der Waals surface area contributed by atoms with E-state index in [0.717, 1.165) is 27.9 Å². The molecule has 0 bridgehead atoms. The second-order valence-corrected chi connectivity index (χ2v) is 13.0.